The molecule has 0 amide bonds. The van der Waals surface area contributed by atoms with Gasteiger partial charge in [0.15, 0.2) is 5.96 Å². The Balaban J connectivity index is 2.13. The van der Waals surface area contributed by atoms with Crippen molar-refractivity contribution in [3.8, 4) is 0 Å². The number of likely N-dealkylation sites (tertiary alicyclic amines) is 1. The monoisotopic (exact) mass is 280 g/mol. The van der Waals surface area contributed by atoms with Crippen molar-refractivity contribution in [2.24, 2.45) is 10.9 Å². The van der Waals surface area contributed by atoms with Gasteiger partial charge in [-0.15, -0.1) is 6.58 Å². The van der Waals surface area contributed by atoms with Crippen LogP contribution in [0, 0.1) is 5.92 Å². The van der Waals surface area contributed by atoms with Crippen LogP contribution in [0.3, 0.4) is 0 Å². The highest BCUT2D eigenvalue weighted by molar-refractivity contribution is 5.79. The molecule has 0 aromatic heterocycles. The first-order valence-electron chi connectivity index (χ1n) is 8.11. The second-order valence-electron chi connectivity index (χ2n) is 5.69. The Kier molecular flexibility index (Phi) is 9.13. The number of rotatable bonds is 8. The van der Waals surface area contributed by atoms with Gasteiger partial charge in [0, 0.05) is 26.2 Å². The molecule has 1 aliphatic rings. The predicted octanol–water partition coefficient (Wildman–Crippen LogP) is 2.24. The molecule has 1 fully saturated rings. The highest BCUT2D eigenvalue weighted by atomic mass is 15.2. The van der Waals surface area contributed by atoms with Gasteiger partial charge in [-0.05, 0) is 51.6 Å². The fourth-order valence-electron chi connectivity index (χ4n) is 2.64. The van der Waals surface area contributed by atoms with Crippen LogP contribution in [0.25, 0.3) is 0 Å². The Morgan fingerprint density at radius 1 is 1.40 bits per heavy atom. The van der Waals surface area contributed by atoms with Gasteiger partial charge in [-0.25, -0.2) is 0 Å². The summed E-state index contributed by atoms with van der Waals surface area (Å²) in [6, 6.07) is 0. The number of hydrogen-bond donors (Lipinski definition) is 2. The second-order valence-corrected chi connectivity index (χ2v) is 5.69. The fourth-order valence-corrected chi connectivity index (χ4v) is 2.64. The van der Waals surface area contributed by atoms with E-state index in [4.69, 9.17) is 0 Å². The third-order valence-electron chi connectivity index (χ3n) is 3.65. The maximum absolute atomic E-state index is 4.58. The molecule has 20 heavy (non-hydrogen) atoms. The summed E-state index contributed by atoms with van der Waals surface area (Å²) in [6.07, 6.45) is 7.04. The average Bonchev–Trinajstić information content (AvgIpc) is 2.44. The smallest absolute Gasteiger partial charge is 0.191 e. The molecule has 0 spiro atoms. The molecule has 0 saturated carbocycles. The Labute approximate surface area is 124 Å². The first-order chi connectivity index (χ1) is 9.76. The Hall–Kier alpha value is -1.03. The zero-order valence-corrected chi connectivity index (χ0v) is 13.3. The van der Waals surface area contributed by atoms with Crippen LogP contribution >= 0.6 is 0 Å². The third kappa shape index (κ3) is 7.53. The number of hydrogen-bond acceptors (Lipinski definition) is 2. The summed E-state index contributed by atoms with van der Waals surface area (Å²) in [5.41, 5.74) is 0. The van der Waals surface area contributed by atoms with Crippen molar-refractivity contribution in [3.63, 3.8) is 0 Å². The predicted molar refractivity (Wildman–Crippen MR) is 88.3 cm³/mol. The molecule has 1 atom stereocenters. The van der Waals surface area contributed by atoms with E-state index in [2.05, 4.69) is 41.0 Å². The SMILES string of the molecule is C=CCNC(=NCCCCN1CCCC(C)C1)NCC. The molecule has 0 bridgehead atoms. The molecule has 0 aromatic carbocycles. The number of guanidine groups is 1. The lowest BCUT2D eigenvalue weighted by atomic mass is 10.0. The summed E-state index contributed by atoms with van der Waals surface area (Å²) in [4.78, 5) is 7.19. The molecule has 4 heteroatoms. The topological polar surface area (TPSA) is 39.7 Å². The minimum atomic E-state index is 0.761. The van der Waals surface area contributed by atoms with Gasteiger partial charge in [-0.2, -0.15) is 0 Å². The van der Waals surface area contributed by atoms with Crippen molar-refractivity contribution in [3.05, 3.63) is 12.7 Å². The number of nitrogens with zero attached hydrogens (tertiary/aromatic N) is 2. The van der Waals surface area contributed by atoms with E-state index in [0.717, 1.165) is 37.9 Å². The van der Waals surface area contributed by atoms with E-state index in [9.17, 15) is 0 Å². The summed E-state index contributed by atoms with van der Waals surface area (Å²) in [5, 5.41) is 6.47. The largest absolute Gasteiger partial charge is 0.357 e. The first kappa shape index (κ1) is 17.0. The minimum Gasteiger partial charge on any atom is -0.357 e. The van der Waals surface area contributed by atoms with Crippen LogP contribution < -0.4 is 10.6 Å². The van der Waals surface area contributed by atoms with Gasteiger partial charge in [-0.1, -0.05) is 13.0 Å². The van der Waals surface area contributed by atoms with Crippen molar-refractivity contribution in [1.82, 2.24) is 15.5 Å². The number of aliphatic imine (C=N–C) groups is 1. The molecule has 0 radical (unpaired) electrons. The quantitative estimate of drug-likeness (QED) is 0.310. The van der Waals surface area contributed by atoms with Gasteiger partial charge in [0.25, 0.3) is 0 Å². The highest BCUT2D eigenvalue weighted by Crippen LogP contribution is 2.15. The molecule has 116 valence electrons. The van der Waals surface area contributed by atoms with Crippen molar-refractivity contribution in [1.29, 1.82) is 0 Å². The lowest BCUT2D eigenvalue weighted by molar-refractivity contribution is 0.181. The molecule has 0 aliphatic carbocycles. The summed E-state index contributed by atoms with van der Waals surface area (Å²) in [5.74, 6) is 1.78. The lowest BCUT2D eigenvalue weighted by Gasteiger charge is -2.30. The van der Waals surface area contributed by atoms with E-state index in [0.29, 0.717) is 0 Å². The summed E-state index contributed by atoms with van der Waals surface area (Å²) in [6.45, 7) is 14.5. The zero-order valence-electron chi connectivity index (χ0n) is 13.3. The number of unbranched alkanes of at least 4 members (excludes halogenated alkanes) is 1. The van der Waals surface area contributed by atoms with Crippen molar-refractivity contribution in [2.75, 3.05) is 39.3 Å². The Bertz CT molecular complexity index is 288. The zero-order chi connectivity index (χ0) is 14.6. The van der Waals surface area contributed by atoms with Gasteiger partial charge in [0.05, 0.1) is 0 Å². The lowest BCUT2D eigenvalue weighted by Crippen LogP contribution is -2.37. The first-order valence-corrected chi connectivity index (χ1v) is 8.11. The van der Waals surface area contributed by atoms with E-state index < -0.39 is 0 Å². The van der Waals surface area contributed by atoms with Gasteiger partial charge in [0.1, 0.15) is 0 Å². The van der Waals surface area contributed by atoms with Gasteiger partial charge < -0.3 is 15.5 Å². The summed E-state index contributed by atoms with van der Waals surface area (Å²) >= 11 is 0. The van der Waals surface area contributed by atoms with Gasteiger partial charge in [-0.3, -0.25) is 4.99 Å². The standard InChI is InChI=1S/C16H32N4/c1-4-10-18-16(17-5-2)19-11-6-7-12-20-13-8-9-15(3)14-20/h4,15H,1,5-14H2,2-3H3,(H2,17,18,19). The normalized spacial score (nSPS) is 20.7. The van der Waals surface area contributed by atoms with Gasteiger partial charge >= 0.3 is 0 Å². The molecule has 2 N–H and O–H groups in total. The van der Waals surface area contributed by atoms with Crippen molar-refractivity contribution in [2.45, 2.75) is 39.5 Å². The van der Waals surface area contributed by atoms with E-state index in [-0.39, 0.29) is 0 Å². The minimum absolute atomic E-state index is 0.761. The molecule has 1 rings (SSSR count). The van der Waals surface area contributed by atoms with Crippen LogP contribution in [-0.2, 0) is 0 Å². The summed E-state index contributed by atoms with van der Waals surface area (Å²) in [7, 11) is 0. The summed E-state index contributed by atoms with van der Waals surface area (Å²) < 4.78 is 0. The molecule has 0 aromatic rings. The van der Waals surface area contributed by atoms with Crippen LogP contribution in [0.5, 0.6) is 0 Å². The van der Waals surface area contributed by atoms with Crippen LogP contribution in [-0.4, -0.2) is 50.1 Å². The van der Waals surface area contributed by atoms with Crippen molar-refractivity contribution >= 4 is 5.96 Å². The molecule has 1 aliphatic heterocycles. The maximum Gasteiger partial charge on any atom is 0.191 e. The highest BCUT2D eigenvalue weighted by Gasteiger charge is 2.15. The number of piperidine rings is 1. The van der Waals surface area contributed by atoms with Gasteiger partial charge in [0.2, 0.25) is 0 Å². The van der Waals surface area contributed by atoms with Crippen molar-refractivity contribution < 1.29 is 0 Å². The molecule has 1 saturated heterocycles. The second kappa shape index (κ2) is 10.7. The van der Waals surface area contributed by atoms with E-state index in [1.807, 2.05) is 6.08 Å². The van der Waals surface area contributed by atoms with E-state index >= 15 is 0 Å². The fraction of sp³-hybridized carbons (Fsp3) is 0.812. The Morgan fingerprint density at radius 2 is 2.25 bits per heavy atom. The number of nitrogens with one attached hydrogen (secondary N) is 2. The van der Waals surface area contributed by atoms with Crippen LogP contribution in [0.1, 0.15) is 39.5 Å². The molecular weight excluding hydrogens is 248 g/mol. The molecule has 4 nitrogen and oxygen atoms in total. The van der Waals surface area contributed by atoms with Crippen LogP contribution in [0.4, 0.5) is 0 Å². The third-order valence-corrected chi connectivity index (χ3v) is 3.65. The maximum atomic E-state index is 4.58. The van der Waals surface area contributed by atoms with Crippen LogP contribution in [0.15, 0.2) is 17.6 Å². The molecule has 1 heterocycles. The molecule has 1 unspecified atom stereocenters. The molecular formula is C16H32N4. The average molecular weight is 280 g/mol. The Morgan fingerprint density at radius 3 is 2.95 bits per heavy atom. The van der Waals surface area contributed by atoms with E-state index in [1.165, 1.54) is 38.9 Å². The van der Waals surface area contributed by atoms with E-state index in [1.54, 1.807) is 0 Å². The van der Waals surface area contributed by atoms with Crippen LogP contribution in [0.2, 0.25) is 0 Å².